The first kappa shape index (κ1) is 15.0. The van der Waals surface area contributed by atoms with Gasteiger partial charge in [-0.2, -0.15) is 0 Å². The molecule has 0 fully saturated rings. The van der Waals surface area contributed by atoms with Crippen molar-refractivity contribution in [3.8, 4) is 10.4 Å². The second-order valence-corrected chi connectivity index (χ2v) is 6.41. The molecule has 0 bridgehead atoms. The summed E-state index contributed by atoms with van der Waals surface area (Å²) in [6.07, 6.45) is 3.95. The summed E-state index contributed by atoms with van der Waals surface area (Å²) in [5.74, 6) is 1.08. The van der Waals surface area contributed by atoms with Crippen molar-refractivity contribution in [2.75, 3.05) is 18.0 Å². The first-order valence-corrected chi connectivity index (χ1v) is 8.70. The van der Waals surface area contributed by atoms with Crippen LogP contribution in [0, 0.1) is 0 Å². The van der Waals surface area contributed by atoms with Crippen LogP contribution in [0.1, 0.15) is 26.7 Å². The predicted molar refractivity (Wildman–Crippen MR) is 95.6 cm³/mol. The second kappa shape index (κ2) is 6.88. The van der Waals surface area contributed by atoms with E-state index < -0.39 is 0 Å². The highest BCUT2D eigenvalue weighted by Gasteiger charge is 2.14. The highest BCUT2D eigenvalue weighted by atomic mass is 32.1. The SMILES string of the molecule is CCCN(CCC)c1ncnc2sc(-c3ccccc3)cc12. The molecule has 0 saturated heterocycles. The zero-order valence-electron chi connectivity index (χ0n) is 13.1. The third-order valence-corrected chi connectivity index (χ3v) is 4.75. The maximum absolute atomic E-state index is 4.57. The number of hydrogen-bond acceptors (Lipinski definition) is 4. The lowest BCUT2D eigenvalue weighted by Crippen LogP contribution is -2.26. The van der Waals surface area contributed by atoms with Gasteiger partial charge in [0.25, 0.3) is 0 Å². The molecular weight excluding hydrogens is 290 g/mol. The number of thiophene rings is 1. The minimum atomic E-state index is 1.04. The third-order valence-electron chi connectivity index (χ3n) is 3.65. The molecule has 1 aromatic carbocycles. The van der Waals surface area contributed by atoms with Crippen molar-refractivity contribution in [2.45, 2.75) is 26.7 Å². The summed E-state index contributed by atoms with van der Waals surface area (Å²) in [5.41, 5.74) is 1.24. The molecule has 0 amide bonds. The maximum Gasteiger partial charge on any atom is 0.140 e. The third kappa shape index (κ3) is 2.97. The number of rotatable bonds is 6. The van der Waals surface area contributed by atoms with Crippen molar-refractivity contribution < 1.29 is 0 Å². The fourth-order valence-corrected chi connectivity index (χ4v) is 3.70. The van der Waals surface area contributed by atoms with Crippen molar-refractivity contribution in [1.82, 2.24) is 9.97 Å². The van der Waals surface area contributed by atoms with Crippen LogP contribution in [0.2, 0.25) is 0 Å². The molecule has 0 spiro atoms. The van der Waals surface area contributed by atoms with Crippen LogP contribution in [0.5, 0.6) is 0 Å². The van der Waals surface area contributed by atoms with Crippen molar-refractivity contribution in [3.63, 3.8) is 0 Å². The van der Waals surface area contributed by atoms with Gasteiger partial charge < -0.3 is 4.90 Å². The summed E-state index contributed by atoms with van der Waals surface area (Å²) < 4.78 is 0. The van der Waals surface area contributed by atoms with E-state index in [1.807, 2.05) is 6.07 Å². The molecule has 114 valence electrons. The van der Waals surface area contributed by atoms with Gasteiger partial charge >= 0.3 is 0 Å². The number of anilines is 1. The molecule has 3 nitrogen and oxygen atoms in total. The molecule has 0 aliphatic heterocycles. The van der Waals surface area contributed by atoms with Crippen LogP contribution in [-0.2, 0) is 0 Å². The van der Waals surface area contributed by atoms with E-state index in [4.69, 9.17) is 0 Å². The van der Waals surface area contributed by atoms with E-state index in [-0.39, 0.29) is 0 Å². The molecule has 0 aliphatic rings. The molecule has 0 atom stereocenters. The van der Waals surface area contributed by atoms with Gasteiger partial charge in [0.1, 0.15) is 17.0 Å². The van der Waals surface area contributed by atoms with Crippen LogP contribution < -0.4 is 4.90 Å². The zero-order valence-corrected chi connectivity index (χ0v) is 13.9. The normalized spacial score (nSPS) is 11.0. The minimum Gasteiger partial charge on any atom is -0.356 e. The standard InChI is InChI=1S/C18H21N3S/c1-3-10-21(11-4-2)17-15-12-16(14-8-6-5-7-9-14)22-18(15)20-13-19-17/h5-9,12-13H,3-4,10-11H2,1-2H3. The number of benzene rings is 1. The Bertz CT molecular complexity index is 730. The topological polar surface area (TPSA) is 29.0 Å². The van der Waals surface area contributed by atoms with Gasteiger partial charge in [0.2, 0.25) is 0 Å². The van der Waals surface area contributed by atoms with Gasteiger partial charge in [-0.3, -0.25) is 0 Å². The van der Waals surface area contributed by atoms with Crippen LogP contribution in [0.4, 0.5) is 5.82 Å². The number of hydrogen-bond donors (Lipinski definition) is 0. The van der Waals surface area contributed by atoms with Gasteiger partial charge in [-0.25, -0.2) is 9.97 Å². The molecule has 0 unspecified atom stereocenters. The van der Waals surface area contributed by atoms with Crippen LogP contribution in [0.25, 0.3) is 20.7 Å². The Hall–Kier alpha value is -1.94. The second-order valence-electron chi connectivity index (χ2n) is 5.38. The Morgan fingerprint density at radius 1 is 1.00 bits per heavy atom. The smallest absolute Gasteiger partial charge is 0.140 e. The van der Waals surface area contributed by atoms with E-state index in [0.717, 1.165) is 36.6 Å². The zero-order chi connectivity index (χ0) is 15.4. The lowest BCUT2D eigenvalue weighted by molar-refractivity contribution is 0.736. The van der Waals surface area contributed by atoms with Crippen LogP contribution in [-0.4, -0.2) is 23.1 Å². The molecule has 2 aromatic heterocycles. The lowest BCUT2D eigenvalue weighted by Gasteiger charge is -2.22. The first-order valence-electron chi connectivity index (χ1n) is 7.88. The van der Waals surface area contributed by atoms with Gasteiger partial charge in [-0.1, -0.05) is 44.2 Å². The monoisotopic (exact) mass is 311 g/mol. The average molecular weight is 311 g/mol. The van der Waals surface area contributed by atoms with E-state index in [0.29, 0.717) is 0 Å². The largest absolute Gasteiger partial charge is 0.356 e. The Labute approximate surface area is 135 Å². The summed E-state index contributed by atoms with van der Waals surface area (Å²) in [4.78, 5) is 13.8. The van der Waals surface area contributed by atoms with Crippen LogP contribution in [0.15, 0.2) is 42.7 Å². The molecule has 3 rings (SSSR count). The Morgan fingerprint density at radius 2 is 1.73 bits per heavy atom. The molecule has 2 heterocycles. The number of fused-ring (bicyclic) bond motifs is 1. The van der Waals surface area contributed by atoms with Gasteiger partial charge in [-0.05, 0) is 24.5 Å². The van der Waals surface area contributed by atoms with Crippen molar-refractivity contribution >= 4 is 27.4 Å². The number of aromatic nitrogens is 2. The Morgan fingerprint density at radius 3 is 2.41 bits per heavy atom. The fourth-order valence-electron chi connectivity index (χ4n) is 2.70. The highest BCUT2D eigenvalue weighted by Crippen LogP contribution is 2.36. The quantitative estimate of drug-likeness (QED) is 0.642. The molecule has 3 aromatic rings. The summed E-state index contributed by atoms with van der Waals surface area (Å²) >= 11 is 1.74. The van der Waals surface area contributed by atoms with Crippen molar-refractivity contribution in [1.29, 1.82) is 0 Å². The van der Waals surface area contributed by atoms with Gasteiger partial charge in [-0.15, -0.1) is 11.3 Å². The molecule has 4 heteroatoms. The molecular formula is C18H21N3S. The van der Waals surface area contributed by atoms with E-state index >= 15 is 0 Å². The van der Waals surface area contributed by atoms with Gasteiger partial charge in [0.15, 0.2) is 0 Å². The average Bonchev–Trinajstić information content (AvgIpc) is 2.99. The molecule has 22 heavy (non-hydrogen) atoms. The lowest BCUT2D eigenvalue weighted by atomic mass is 10.2. The summed E-state index contributed by atoms with van der Waals surface area (Å²) in [6.45, 7) is 6.50. The number of nitrogens with zero attached hydrogens (tertiary/aromatic N) is 3. The van der Waals surface area contributed by atoms with E-state index in [2.05, 4.69) is 59.0 Å². The van der Waals surface area contributed by atoms with Crippen LogP contribution >= 0.6 is 11.3 Å². The first-order chi connectivity index (χ1) is 10.8. The van der Waals surface area contributed by atoms with E-state index in [1.54, 1.807) is 17.7 Å². The summed E-state index contributed by atoms with van der Waals surface area (Å²) in [6, 6.07) is 12.7. The Kier molecular flexibility index (Phi) is 4.68. The fraction of sp³-hybridized carbons (Fsp3) is 0.333. The van der Waals surface area contributed by atoms with E-state index in [9.17, 15) is 0 Å². The summed E-state index contributed by atoms with van der Waals surface area (Å²) in [7, 11) is 0. The van der Waals surface area contributed by atoms with Crippen LogP contribution in [0.3, 0.4) is 0 Å². The maximum atomic E-state index is 4.57. The molecule has 0 N–H and O–H groups in total. The Balaban J connectivity index is 2.06. The predicted octanol–water partition coefficient (Wildman–Crippen LogP) is 4.98. The highest BCUT2D eigenvalue weighted by molar-refractivity contribution is 7.21. The minimum absolute atomic E-state index is 1.04. The summed E-state index contributed by atoms with van der Waals surface area (Å²) in [5, 5.41) is 1.17. The molecule has 0 radical (unpaired) electrons. The van der Waals surface area contributed by atoms with Gasteiger partial charge in [0.05, 0.1) is 5.39 Å². The van der Waals surface area contributed by atoms with E-state index in [1.165, 1.54) is 15.8 Å². The van der Waals surface area contributed by atoms with Crippen molar-refractivity contribution in [2.24, 2.45) is 0 Å². The van der Waals surface area contributed by atoms with Gasteiger partial charge in [0, 0.05) is 18.0 Å². The molecule has 0 saturated carbocycles. The van der Waals surface area contributed by atoms with Crippen molar-refractivity contribution in [3.05, 3.63) is 42.7 Å². The molecule has 0 aliphatic carbocycles.